The van der Waals surface area contributed by atoms with E-state index in [1.54, 1.807) is 36.4 Å². The van der Waals surface area contributed by atoms with Gasteiger partial charge in [-0.3, -0.25) is 0 Å². The Hall–Kier alpha value is -3.49. The average Bonchev–Trinajstić information content (AvgIpc) is 2.71. The molecular formula is C22H16ClNO4. The number of carboxylic acid groups (broad SMARTS) is 1. The third-order valence-corrected chi connectivity index (χ3v) is 4.25. The molecule has 0 fully saturated rings. The molecule has 28 heavy (non-hydrogen) atoms. The molecule has 3 rings (SSSR count). The summed E-state index contributed by atoms with van der Waals surface area (Å²) < 4.78 is 11.4. The van der Waals surface area contributed by atoms with E-state index in [1.807, 2.05) is 30.3 Å². The van der Waals surface area contributed by atoms with Gasteiger partial charge in [0.15, 0.2) is 0 Å². The van der Waals surface area contributed by atoms with Crippen LogP contribution in [0.3, 0.4) is 0 Å². The summed E-state index contributed by atoms with van der Waals surface area (Å²) in [6.07, 6.45) is 1.33. The second-order valence-corrected chi connectivity index (χ2v) is 6.26. The number of aliphatic carboxylic acids is 1. The highest BCUT2D eigenvalue weighted by molar-refractivity contribution is 6.30. The van der Waals surface area contributed by atoms with E-state index in [9.17, 15) is 9.90 Å². The SMILES string of the molecule is N#CC(=Cc1c(OCCOc2ccc(Cl)cc2)ccc2ccccc12)C(=O)O. The van der Waals surface area contributed by atoms with E-state index in [4.69, 9.17) is 26.3 Å². The number of hydrogen-bond donors (Lipinski definition) is 1. The standard InChI is InChI=1S/C22H16ClNO4/c23-17-6-8-18(9-7-17)27-11-12-28-21-10-5-15-3-1-2-4-19(15)20(21)13-16(14-24)22(25)26/h1-10,13H,11-12H2,(H,25,26). The van der Waals surface area contributed by atoms with Crippen molar-refractivity contribution in [2.75, 3.05) is 13.2 Å². The first-order valence-electron chi connectivity index (χ1n) is 8.46. The fraction of sp³-hybridized carbons (Fsp3) is 0.0909. The van der Waals surface area contributed by atoms with Gasteiger partial charge in [-0.15, -0.1) is 0 Å². The molecule has 0 atom stereocenters. The Balaban J connectivity index is 1.82. The van der Waals surface area contributed by atoms with E-state index in [0.717, 1.165) is 10.8 Å². The van der Waals surface area contributed by atoms with Crippen LogP contribution in [0.15, 0.2) is 66.2 Å². The number of ether oxygens (including phenoxy) is 2. The molecule has 3 aromatic rings. The van der Waals surface area contributed by atoms with Gasteiger partial charge in [0, 0.05) is 10.6 Å². The van der Waals surface area contributed by atoms with Crippen LogP contribution in [0.2, 0.25) is 5.02 Å². The fourth-order valence-electron chi connectivity index (χ4n) is 2.68. The number of fused-ring (bicyclic) bond motifs is 1. The maximum Gasteiger partial charge on any atom is 0.346 e. The van der Waals surface area contributed by atoms with Gasteiger partial charge in [0.2, 0.25) is 0 Å². The van der Waals surface area contributed by atoms with E-state index in [2.05, 4.69) is 0 Å². The number of benzene rings is 3. The molecule has 0 bridgehead atoms. The number of halogens is 1. The summed E-state index contributed by atoms with van der Waals surface area (Å²) in [6, 6.07) is 19.8. The van der Waals surface area contributed by atoms with Crippen LogP contribution in [0.25, 0.3) is 16.8 Å². The second-order valence-electron chi connectivity index (χ2n) is 5.82. The van der Waals surface area contributed by atoms with Crippen molar-refractivity contribution in [1.29, 1.82) is 5.26 Å². The molecule has 0 saturated heterocycles. The van der Waals surface area contributed by atoms with Crippen LogP contribution < -0.4 is 9.47 Å². The van der Waals surface area contributed by atoms with Gasteiger partial charge in [-0.25, -0.2) is 4.79 Å². The lowest BCUT2D eigenvalue weighted by atomic mass is 10.0. The minimum atomic E-state index is -1.28. The van der Waals surface area contributed by atoms with Gasteiger partial charge < -0.3 is 14.6 Å². The first kappa shape index (κ1) is 19.3. The maximum absolute atomic E-state index is 11.3. The fourth-order valence-corrected chi connectivity index (χ4v) is 2.80. The average molecular weight is 394 g/mol. The summed E-state index contributed by atoms with van der Waals surface area (Å²) in [4.78, 5) is 11.3. The zero-order valence-corrected chi connectivity index (χ0v) is 15.5. The summed E-state index contributed by atoms with van der Waals surface area (Å²) in [5.41, 5.74) is 0.183. The van der Waals surface area contributed by atoms with Gasteiger partial charge >= 0.3 is 5.97 Å². The van der Waals surface area contributed by atoms with Crippen LogP contribution in [0.5, 0.6) is 11.5 Å². The monoisotopic (exact) mass is 393 g/mol. The number of rotatable bonds is 7. The highest BCUT2D eigenvalue weighted by Gasteiger charge is 2.12. The summed E-state index contributed by atoms with van der Waals surface area (Å²) in [5, 5.41) is 20.7. The van der Waals surface area contributed by atoms with Crippen molar-refractivity contribution in [3.05, 3.63) is 76.8 Å². The van der Waals surface area contributed by atoms with E-state index in [-0.39, 0.29) is 12.2 Å². The minimum Gasteiger partial charge on any atom is -0.490 e. The number of carboxylic acids is 1. The van der Waals surface area contributed by atoms with Crippen molar-refractivity contribution in [2.45, 2.75) is 0 Å². The van der Waals surface area contributed by atoms with Gasteiger partial charge in [0.1, 0.15) is 36.4 Å². The molecule has 1 N–H and O–H groups in total. The Morgan fingerprint density at radius 1 is 1.04 bits per heavy atom. The number of hydrogen-bond acceptors (Lipinski definition) is 4. The molecule has 0 aliphatic rings. The van der Waals surface area contributed by atoms with Gasteiger partial charge in [-0.1, -0.05) is 41.9 Å². The molecule has 3 aromatic carbocycles. The van der Waals surface area contributed by atoms with Gasteiger partial charge in [0.05, 0.1) is 0 Å². The molecule has 0 spiro atoms. The van der Waals surface area contributed by atoms with Crippen LogP contribution in [-0.4, -0.2) is 24.3 Å². The Morgan fingerprint density at radius 2 is 1.75 bits per heavy atom. The van der Waals surface area contributed by atoms with Crippen molar-refractivity contribution >= 4 is 34.4 Å². The first-order chi connectivity index (χ1) is 13.6. The van der Waals surface area contributed by atoms with Crippen LogP contribution in [0.1, 0.15) is 5.56 Å². The van der Waals surface area contributed by atoms with Crippen molar-refractivity contribution in [1.82, 2.24) is 0 Å². The molecule has 0 aliphatic carbocycles. The molecule has 6 heteroatoms. The zero-order chi connectivity index (χ0) is 19.9. The second kappa shape index (κ2) is 8.94. The van der Waals surface area contributed by atoms with Crippen LogP contribution in [-0.2, 0) is 4.79 Å². The number of nitrogens with zero attached hydrogens (tertiary/aromatic N) is 1. The molecule has 0 aliphatic heterocycles. The Labute approximate surface area is 167 Å². The molecule has 140 valence electrons. The molecule has 0 radical (unpaired) electrons. The predicted molar refractivity (Wildman–Crippen MR) is 108 cm³/mol. The molecule has 0 saturated carbocycles. The lowest BCUT2D eigenvalue weighted by molar-refractivity contribution is -0.132. The summed E-state index contributed by atoms with van der Waals surface area (Å²) in [5.74, 6) is -0.135. The Morgan fingerprint density at radius 3 is 2.46 bits per heavy atom. The summed E-state index contributed by atoms with van der Waals surface area (Å²) in [6.45, 7) is 0.540. The predicted octanol–water partition coefficient (Wildman–Crippen LogP) is 4.94. The molecule has 0 amide bonds. The Kier molecular flexibility index (Phi) is 6.15. The maximum atomic E-state index is 11.3. The highest BCUT2D eigenvalue weighted by atomic mass is 35.5. The molecule has 5 nitrogen and oxygen atoms in total. The van der Waals surface area contributed by atoms with Crippen LogP contribution in [0.4, 0.5) is 0 Å². The molecule has 0 heterocycles. The number of nitriles is 1. The van der Waals surface area contributed by atoms with Crippen molar-refractivity contribution < 1.29 is 19.4 Å². The summed E-state index contributed by atoms with van der Waals surface area (Å²) >= 11 is 5.84. The lowest BCUT2D eigenvalue weighted by Crippen LogP contribution is -2.10. The van der Waals surface area contributed by atoms with Gasteiger partial charge in [-0.2, -0.15) is 5.26 Å². The third kappa shape index (κ3) is 4.61. The van der Waals surface area contributed by atoms with Gasteiger partial charge in [0.25, 0.3) is 0 Å². The van der Waals surface area contributed by atoms with E-state index >= 15 is 0 Å². The zero-order valence-electron chi connectivity index (χ0n) is 14.8. The highest BCUT2D eigenvalue weighted by Crippen LogP contribution is 2.30. The van der Waals surface area contributed by atoms with Crippen molar-refractivity contribution in [3.8, 4) is 17.6 Å². The lowest BCUT2D eigenvalue weighted by Gasteiger charge is -2.13. The quantitative estimate of drug-likeness (QED) is 0.349. The third-order valence-electron chi connectivity index (χ3n) is 3.99. The molecular weight excluding hydrogens is 378 g/mol. The van der Waals surface area contributed by atoms with Crippen LogP contribution >= 0.6 is 11.6 Å². The molecule has 0 unspecified atom stereocenters. The van der Waals surface area contributed by atoms with Crippen molar-refractivity contribution in [3.63, 3.8) is 0 Å². The van der Waals surface area contributed by atoms with Gasteiger partial charge in [-0.05, 0) is 47.2 Å². The Bertz CT molecular complexity index is 1070. The topological polar surface area (TPSA) is 79.5 Å². The summed E-state index contributed by atoms with van der Waals surface area (Å²) in [7, 11) is 0. The first-order valence-corrected chi connectivity index (χ1v) is 8.84. The number of carbonyl (C=O) groups is 1. The normalized spacial score (nSPS) is 11.1. The largest absolute Gasteiger partial charge is 0.490 e. The van der Waals surface area contributed by atoms with E-state index in [0.29, 0.717) is 28.7 Å². The van der Waals surface area contributed by atoms with E-state index in [1.165, 1.54) is 6.08 Å². The van der Waals surface area contributed by atoms with Crippen LogP contribution in [0, 0.1) is 11.3 Å². The smallest absolute Gasteiger partial charge is 0.346 e. The molecule has 0 aromatic heterocycles. The van der Waals surface area contributed by atoms with Crippen molar-refractivity contribution in [2.24, 2.45) is 0 Å². The minimum absolute atomic E-state index is 0.247. The van der Waals surface area contributed by atoms with E-state index < -0.39 is 5.97 Å².